The largest absolute Gasteiger partial charge is 0.480 e. The van der Waals surface area contributed by atoms with Crippen LogP contribution in [-0.2, 0) is 4.79 Å². The Hall–Kier alpha value is -0.610. The average molecular weight is 159 g/mol. The van der Waals surface area contributed by atoms with Crippen LogP contribution in [0.5, 0.6) is 0 Å². The molecular weight excluding hydrogens is 146 g/mol. The summed E-state index contributed by atoms with van der Waals surface area (Å²) in [6.45, 7) is 0.665. The number of likely N-dealkylation sites (tertiary alicyclic amines) is 1. The lowest BCUT2D eigenvalue weighted by atomic mass is 10.0. The molecule has 0 aliphatic carbocycles. The molecule has 1 aliphatic heterocycles. The van der Waals surface area contributed by atoms with Gasteiger partial charge in [-0.3, -0.25) is 9.69 Å². The zero-order valence-corrected chi connectivity index (χ0v) is 6.53. The molecule has 4 nitrogen and oxygen atoms in total. The average Bonchev–Trinajstić information content (AvgIpc) is 1.94. The van der Waals surface area contributed by atoms with Crippen LogP contribution in [0.25, 0.3) is 0 Å². The lowest BCUT2D eigenvalue weighted by Gasteiger charge is -2.31. The minimum atomic E-state index is -0.841. The van der Waals surface area contributed by atoms with Gasteiger partial charge in [0, 0.05) is 6.54 Å². The summed E-state index contributed by atoms with van der Waals surface area (Å²) in [4.78, 5) is 12.3. The minimum Gasteiger partial charge on any atom is -0.480 e. The highest BCUT2D eigenvalue weighted by Crippen LogP contribution is 2.15. The first-order chi connectivity index (χ1) is 5.11. The molecule has 1 saturated heterocycles. The van der Waals surface area contributed by atoms with Gasteiger partial charge >= 0.3 is 5.97 Å². The molecule has 1 aliphatic rings. The standard InChI is InChI=1S/C7H13NO3/c1-8-3-2-5(9)4-6(8)7(10)11/h5-6,9H,2-4H2,1H3,(H,10,11)/t5-,6-/m0/s1. The lowest BCUT2D eigenvalue weighted by molar-refractivity contribution is -0.145. The maximum Gasteiger partial charge on any atom is 0.321 e. The van der Waals surface area contributed by atoms with Crippen molar-refractivity contribution in [2.75, 3.05) is 13.6 Å². The second-order valence-electron chi connectivity index (χ2n) is 3.01. The number of carboxylic acid groups (broad SMARTS) is 1. The van der Waals surface area contributed by atoms with E-state index in [4.69, 9.17) is 10.2 Å². The van der Waals surface area contributed by atoms with Crippen LogP contribution in [0.1, 0.15) is 12.8 Å². The number of hydrogen-bond acceptors (Lipinski definition) is 3. The second-order valence-corrected chi connectivity index (χ2v) is 3.01. The molecule has 0 amide bonds. The Morgan fingerprint density at radius 3 is 2.73 bits per heavy atom. The number of hydrogen-bond donors (Lipinski definition) is 2. The molecule has 2 N–H and O–H groups in total. The van der Waals surface area contributed by atoms with Gasteiger partial charge in [0.15, 0.2) is 0 Å². The van der Waals surface area contributed by atoms with Crippen molar-refractivity contribution in [3.05, 3.63) is 0 Å². The van der Waals surface area contributed by atoms with Crippen LogP contribution in [-0.4, -0.2) is 46.8 Å². The Morgan fingerprint density at radius 1 is 1.64 bits per heavy atom. The van der Waals surface area contributed by atoms with Crippen LogP contribution in [0.2, 0.25) is 0 Å². The van der Waals surface area contributed by atoms with Crippen molar-refractivity contribution in [3.8, 4) is 0 Å². The summed E-state index contributed by atoms with van der Waals surface area (Å²) < 4.78 is 0. The molecule has 1 rings (SSSR count). The van der Waals surface area contributed by atoms with Crippen molar-refractivity contribution in [2.24, 2.45) is 0 Å². The van der Waals surface area contributed by atoms with E-state index < -0.39 is 18.1 Å². The Labute approximate surface area is 65.4 Å². The topological polar surface area (TPSA) is 60.8 Å². The number of aliphatic hydroxyl groups is 1. The van der Waals surface area contributed by atoms with E-state index in [1.54, 1.807) is 11.9 Å². The number of aliphatic hydroxyl groups excluding tert-OH is 1. The Kier molecular flexibility index (Phi) is 2.46. The number of nitrogens with zero attached hydrogens (tertiary/aromatic N) is 1. The highest BCUT2D eigenvalue weighted by molar-refractivity contribution is 5.73. The molecule has 64 valence electrons. The number of aliphatic carboxylic acids is 1. The molecule has 0 bridgehead atoms. The summed E-state index contributed by atoms with van der Waals surface area (Å²) in [5.41, 5.74) is 0. The fraction of sp³-hybridized carbons (Fsp3) is 0.857. The summed E-state index contributed by atoms with van der Waals surface area (Å²) in [7, 11) is 1.77. The van der Waals surface area contributed by atoms with Crippen LogP contribution >= 0.6 is 0 Å². The number of carbonyl (C=O) groups is 1. The molecule has 0 spiro atoms. The maximum atomic E-state index is 10.6. The molecule has 2 atom stereocenters. The van der Waals surface area contributed by atoms with Gasteiger partial charge in [-0.05, 0) is 19.9 Å². The summed E-state index contributed by atoms with van der Waals surface area (Å²) in [6.07, 6.45) is 0.596. The first-order valence-electron chi connectivity index (χ1n) is 3.72. The van der Waals surface area contributed by atoms with E-state index in [0.29, 0.717) is 19.4 Å². The maximum absolute atomic E-state index is 10.6. The smallest absolute Gasteiger partial charge is 0.321 e. The van der Waals surface area contributed by atoms with Gasteiger partial charge in [0.25, 0.3) is 0 Å². The van der Waals surface area contributed by atoms with Gasteiger partial charge in [-0.25, -0.2) is 0 Å². The summed E-state index contributed by atoms with van der Waals surface area (Å²) in [6, 6.07) is -0.501. The van der Waals surface area contributed by atoms with Gasteiger partial charge in [0.2, 0.25) is 0 Å². The van der Waals surface area contributed by atoms with Crippen LogP contribution in [0.15, 0.2) is 0 Å². The van der Waals surface area contributed by atoms with E-state index >= 15 is 0 Å². The highest BCUT2D eigenvalue weighted by atomic mass is 16.4. The molecule has 1 fully saturated rings. The van der Waals surface area contributed by atoms with Crippen molar-refractivity contribution in [2.45, 2.75) is 25.0 Å². The van der Waals surface area contributed by atoms with E-state index in [0.717, 1.165) is 0 Å². The fourth-order valence-electron chi connectivity index (χ4n) is 1.35. The molecule has 0 unspecified atom stereocenters. The Balaban J connectivity index is 2.54. The van der Waals surface area contributed by atoms with Crippen molar-refractivity contribution < 1.29 is 15.0 Å². The SMILES string of the molecule is CN1CC[C@H](O)C[C@H]1C(=O)O. The molecule has 0 aromatic carbocycles. The number of carboxylic acids is 1. The molecule has 4 heteroatoms. The first kappa shape index (κ1) is 8.49. The van der Waals surface area contributed by atoms with E-state index in [1.807, 2.05) is 0 Å². The van der Waals surface area contributed by atoms with Crippen LogP contribution in [0, 0.1) is 0 Å². The first-order valence-corrected chi connectivity index (χ1v) is 3.72. The van der Waals surface area contributed by atoms with Crippen molar-refractivity contribution in [1.29, 1.82) is 0 Å². The zero-order valence-electron chi connectivity index (χ0n) is 6.53. The quantitative estimate of drug-likeness (QED) is 0.543. The van der Waals surface area contributed by atoms with Crippen LogP contribution in [0.3, 0.4) is 0 Å². The normalized spacial score (nSPS) is 33.6. The molecule has 0 saturated carbocycles. The monoisotopic (exact) mass is 159 g/mol. The summed E-state index contributed by atoms with van der Waals surface area (Å²) in [5, 5.41) is 17.8. The van der Waals surface area contributed by atoms with Gasteiger partial charge < -0.3 is 10.2 Å². The molecule has 0 aromatic rings. The lowest BCUT2D eigenvalue weighted by Crippen LogP contribution is -2.46. The van der Waals surface area contributed by atoms with Crippen LogP contribution in [0.4, 0.5) is 0 Å². The molecule has 0 radical (unpaired) electrons. The van der Waals surface area contributed by atoms with E-state index in [9.17, 15) is 4.79 Å². The van der Waals surface area contributed by atoms with Crippen molar-refractivity contribution in [1.82, 2.24) is 4.90 Å². The third-order valence-corrected chi connectivity index (χ3v) is 2.13. The van der Waals surface area contributed by atoms with Gasteiger partial charge in [0.05, 0.1) is 6.10 Å². The third kappa shape index (κ3) is 1.91. The Morgan fingerprint density at radius 2 is 2.27 bits per heavy atom. The minimum absolute atomic E-state index is 0.353. The van der Waals surface area contributed by atoms with Gasteiger partial charge in [-0.2, -0.15) is 0 Å². The van der Waals surface area contributed by atoms with Crippen LogP contribution < -0.4 is 0 Å². The highest BCUT2D eigenvalue weighted by Gasteiger charge is 2.29. The predicted octanol–water partition coefficient (Wildman–Crippen LogP) is -0.474. The van der Waals surface area contributed by atoms with E-state index in [-0.39, 0.29) is 0 Å². The zero-order chi connectivity index (χ0) is 8.43. The van der Waals surface area contributed by atoms with E-state index in [1.165, 1.54) is 0 Å². The molecule has 1 heterocycles. The van der Waals surface area contributed by atoms with Crippen molar-refractivity contribution in [3.63, 3.8) is 0 Å². The Bertz CT molecular complexity index is 160. The summed E-state index contributed by atoms with van der Waals surface area (Å²) >= 11 is 0. The second kappa shape index (κ2) is 3.19. The van der Waals surface area contributed by atoms with Gasteiger partial charge in [0.1, 0.15) is 6.04 Å². The molecule has 0 aromatic heterocycles. The van der Waals surface area contributed by atoms with Gasteiger partial charge in [-0.1, -0.05) is 0 Å². The fourth-order valence-corrected chi connectivity index (χ4v) is 1.35. The van der Waals surface area contributed by atoms with E-state index in [2.05, 4.69) is 0 Å². The predicted molar refractivity (Wildman–Crippen MR) is 39.3 cm³/mol. The van der Waals surface area contributed by atoms with Crippen molar-refractivity contribution >= 4 is 5.97 Å². The molecular formula is C7H13NO3. The molecule has 11 heavy (non-hydrogen) atoms. The number of rotatable bonds is 1. The number of piperidine rings is 1. The summed E-state index contributed by atoms with van der Waals surface area (Å²) in [5.74, 6) is -0.841. The van der Waals surface area contributed by atoms with Gasteiger partial charge in [-0.15, -0.1) is 0 Å². The number of likely N-dealkylation sites (N-methyl/N-ethyl adjacent to an activating group) is 1. The third-order valence-electron chi connectivity index (χ3n) is 2.13.